The van der Waals surface area contributed by atoms with Gasteiger partial charge in [0.15, 0.2) is 0 Å². The number of carbonyl (C=O) groups excluding carboxylic acids is 1. The lowest BCUT2D eigenvalue weighted by Crippen LogP contribution is -2.35. The molecule has 4 heteroatoms. The zero-order valence-corrected chi connectivity index (χ0v) is 9.72. The molecule has 1 amide bonds. The van der Waals surface area contributed by atoms with E-state index in [9.17, 15) is 4.79 Å². The Balaban J connectivity index is 3.64. The van der Waals surface area contributed by atoms with Crippen LogP contribution in [-0.2, 0) is 9.47 Å². The molecule has 84 valence electrons. The molecule has 4 nitrogen and oxygen atoms in total. The van der Waals surface area contributed by atoms with Crippen LogP contribution in [0.3, 0.4) is 0 Å². The Morgan fingerprint density at radius 3 is 2.43 bits per heavy atom. The Bertz CT molecular complexity index is 175. The van der Waals surface area contributed by atoms with Gasteiger partial charge < -0.3 is 14.8 Å². The normalized spacial score (nSPS) is 13.5. The first-order chi connectivity index (χ1) is 6.35. The fourth-order valence-electron chi connectivity index (χ4n) is 0.915. The van der Waals surface area contributed by atoms with E-state index in [2.05, 4.69) is 5.32 Å². The third-order valence-electron chi connectivity index (χ3n) is 1.44. The molecule has 0 spiro atoms. The van der Waals surface area contributed by atoms with E-state index in [-0.39, 0.29) is 6.09 Å². The average Bonchev–Trinajstić information content (AvgIpc) is 1.98. The summed E-state index contributed by atoms with van der Waals surface area (Å²) >= 11 is 0. The van der Waals surface area contributed by atoms with Gasteiger partial charge in [-0.3, -0.25) is 0 Å². The molecule has 0 saturated heterocycles. The van der Waals surface area contributed by atoms with Gasteiger partial charge in [-0.1, -0.05) is 6.92 Å². The number of alkyl carbamates (subject to hydrolysis) is 1. The summed E-state index contributed by atoms with van der Waals surface area (Å²) in [7, 11) is 1.64. The molecule has 0 saturated carbocycles. The van der Waals surface area contributed by atoms with Crippen molar-refractivity contribution in [2.45, 2.75) is 33.3 Å². The molecule has 14 heavy (non-hydrogen) atoms. The maximum absolute atomic E-state index is 11.2. The monoisotopic (exact) mass is 203 g/mol. The van der Waals surface area contributed by atoms with Gasteiger partial charge in [0.2, 0.25) is 0 Å². The van der Waals surface area contributed by atoms with Gasteiger partial charge in [-0.2, -0.15) is 0 Å². The molecular weight excluding hydrogens is 182 g/mol. The molecule has 0 aliphatic rings. The molecule has 0 radical (unpaired) electrons. The Morgan fingerprint density at radius 2 is 2.00 bits per heavy atom. The van der Waals surface area contributed by atoms with Crippen molar-refractivity contribution in [1.82, 2.24) is 5.32 Å². The molecule has 0 aliphatic carbocycles. The minimum Gasteiger partial charge on any atom is -0.444 e. The highest BCUT2D eigenvalue weighted by Crippen LogP contribution is 2.06. The highest BCUT2D eigenvalue weighted by atomic mass is 16.6. The van der Waals surface area contributed by atoms with Gasteiger partial charge in [-0.05, 0) is 26.7 Å². The molecule has 1 N–H and O–H groups in total. The van der Waals surface area contributed by atoms with E-state index in [1.165, 1.54) is 0 Å². The minimum atomic E-state index is -0.436. The Labute approximate surface area is 86.0 Å². The number of nitrogens with one attached hydrogen (secondary N) is 1. The van der Waals surface area contributed by atoms with Crippen LogP contribution in [0, 0.1) is 5.92 Å². The quantitative estimate of drug-likeness (QED) is 0.757. The van der Waals surface area contributed by atoms with Crippen molar-refractivity contribution in [2.75, 3.05) is 20.3 Å². The number of amides is 1. The predicted octanol–water partition coefficient (Wildman–Crippen LogP) is 1.79. The first-order valence-electron chi connectivity index (χ1n) is 4.81. The van der Waals surface area contributed by atoms with E-state index >= 15 is 0 Å². The molecule has 0 rings (SSSR count). The van der Waals surface area contributed by atoms with Crippen molar-refractivity contribution >= 4 is 6.09 Å². The number of carbonyl (C=O) groups is 1. The van der Waals surface area contributed by atoms with Gasteiger partial charge in [0, 0.05) is 13.7 Å². The van der Waals surface area contributed by atoms with Gasteiger partial charge in [0.05, 0.1) is 6.61 Å². The third kappa shape index (κ3) is 7.86. The van der Waals surface area contributed by atoms with Crippen molar-refractivity contribution < 1.29 is 14.3 Å². The van der Waals surface area contributed by atoms with Crippen LogP contribution in [0.2, 0.25) is 0 Å². The summed E-state index contributed by atoms with van der Waals surface area (Å²) in [4.78, 5) is 11.2. The first-order valence-corrected chi connectivity index (χ1v) is 4.81. The van der Waals surface area contributed by atoms with Crippen molar-refractivity contribution in [2.24, 2.45) is 5.92 Å². The second-order valence-electron chi connectivity index (χ2n) is 4.44. The summed E-state index contributed by atoms with van der Waals surface area (Å²) < 4.78 is 10.0. The number of hydrogen-bond donors (Lipinski definition) is 1. The zero-order chi connectivity index (χ0) is 11.2. The van der Waals surface area contributed by atoms with Crippen molar-refractivity contribution in [1.29, 1.82) is 0 Å². The van der Waals surface area contributed by atoms with Crippen LogP contribution in [0.25, 0.3) is 0 Å². The van der Waals surface area contributed by atoms with Crippen LogP contribution in [-0.4, -0.2) is 32.0 Å². The van der Waals surface area contributed by atoms with Crippen LogP contribution in [0.5, 0.6) is 0 Å². The van der Waals surface area contributed by atoms with Crippen molar-refractivity contribution in [3.05, 3.63) is 0 Å². The van der Waals surface area contributed by atoms with E-state index in [1.807, 2.05) is 27.7 Å². The average molecular weight is 203 g/mol. The molecule has 0 aromatic heterocycles. The second-order valence-corrected chi connectivity index (χ2v) is 4.44. The van der Waals surface area contributed by atoms with Crippen LogP contribution < -0.4 is 5.32 Å². The van der Waals surface area contributed by atoms with E-state index in [1.54, 1.807) is 7.11 Å². The standard InChI is InChI=1S/C10H21NO3/c1-8(7-13-5)6-11-9(12)14-10(2,3)4/h8H,6-7H2,1-5H3,(H,11,12). The second kappa shape index (κ2) is 5.86. The summed E-state index contributed by atoms with van der Waals surface area (Å²) in [6, 6.07) is 0. The fourth-order valence-corrected chi connectivity index (χ4v) is 0.915. The lowest BCUT2D eigenvalue weighted by Gasteiger charge is -2.20. The SMILES string of the molecule is COCC(C)CNC(=O)OC(C)(C)C. The van der Waals surface area contributed by atoms with Crippen molar-refractivity contribution in [3.63, 3.8) is 0 Å². The Kier molecular flexibility index (Phi) is 5.53. The van der Waals surface area contributed by atoms with E-state index in [0.29, 0.717) is 19.1 Å². The first kappa shape index (κ1) is 13.2. The highest BCUT2D eigenvalue weighted by Gasteiger charge is 2.16. The van der Waals surface area contributed by atoms with Crippen LogP contribution in [0.15, 0.2) is 0 Å². The lowest BCUT2D eigenvalue weighted by atomic mass is 10.2. The molecule has 1 unspecified atom stereocenters. The molecule has 1 atom stereocenters. The van der Waals surface area contributed by atoms with Crippen LogP contribution in [0.1, 0.15) is 27.7 Å². The minimum absolute atomic E-state index is 0.299. The van der Waals surface area contributed by atoms with Gasteiger partial charge in [0.25, 0.3) is 0 Å². The molecule has 0 fully saturated rings. The zero-order valence-electron chi connectivity index (χ0n) is 9.72. The summed E-state index contributed by atoms with van der Waals surface area (Å²) in [5, 5.41) is 2.68. The summed E-state index contributed by atoms with van der Waals surface area (Å²) in [5.74, 6) is 0.299. The molecule has 0 aromatic rings. The maximum atomic E-state index is 11.2. The lowest BCUT2D eigenvalue weighted by molar-refractivity contribution is 0.0510. The molecular formula is C10H21NO3. The topological polar surface area (TPSA) is 47.6 Å². The smallest absolute Gasteiger partial charge is 0.407 e. The van der Waals surface area contributed by atoms with E-state index in [0.717, 1.165) is 0 Å². The fraction of sp³-hybridized carbons (Fsp3) is 0.900. The molecule has 0 heterocycles. The number of hydrogen-bond acceptors (Lipinski definition) is 3. The van der Waals surface area contributed by atoms with Gasteiger partial charge in [-0.15, -0.1) is 0 Å². The van der Waals surface area contributed by atoms with Crippen LogP contribution >= 0.6 is 0 Å². The van der Waals surface area contributed by atoms with E-state index in [4.69, 9.17) is 9.47 Å². The van der Waals surface area contributed by atoms with Gasteiger partial charge >= 0.3 is 6.09 Å². The molecule has 0 aromatic carbocycles. The van der Waals surface area contributed by atoms with Gasteiger partial charge in [0.1, 0.15) is 5.60 Å². The predicted molar refractivity (Wildman–Crippen MR) is 55.3 cm³/mol. The van der Waals surface area contributed by atoms with Crippen molar-refractivity contribution in [3.8, 4) is 0 Å². The maximum Gasteiger partial charge on any atom is 0.407 e. The van der Waals surface area contributed by atoms with Crippen LogP contribution in [0.4, 0.5) is 4.79 Å². The van der Waals surface area contributed by atoms with Gasteiger partial charge in [-0.25, -0.2) is 4.79 Å². The highest BCUT2D eigenvalue weighted by molar-refractivity contribution is 5.67. The Hall–Kier alpha value is -0.770. The number of ether oxygens (including phenoxy) is 2. The molecule has 0 bridgehead atoms. The third-order valence-corrected chi connectivity index (χ3v) is 1.44. The molecule has 0 aliphatic heterocycles. The summed E-state index contributed by atoms with van der Waals surface area (Å²) in [5.41, 5.74) is -0.436. The summed E-state index contributed by atoms with van der Waals surface area (Å²) in [6.45, 7) is 8.72. The number of rotatable bonds is 4. The summed E-state index contributed by atoms with van der Waals surface area (Å²) in [6.07, 6.45) is -0.375. The largest absolute Gasteiger partial charge is 0.444 e. The number of methoxy groups -OCH3 is 1. The Morgan fingerprint density at radius 1 is 1.43 bits per heavy atom. The van der Waals surface area contributed by atoms with E-state index < -0.39 is 5.60 Å².